The predicted molar refractivity (Wildman–Crippen MR) is 83.0 cm³/mol. The van der Waals surface area contributed by atoms with Crippen LogP contribution >= 0.6 is 0 Å². The van der Waals surface area contributed by atoms with Gasteiger partial charge in [-0.15, -0.1) is 0 Å². The summed E-state index contributed by atoms with van der Waals surface area (Å²) >= 11 is 0. The van der Waals surface area contributed by atoms with Crippen LogP contribution in [0.1, 0.15) is 45.1 Å². The molecule has 1 aliphatic heterocycles. The lowest BCUT2D eigenvalue weighted by Crippen LogP contribution is -2.36. The summed E-state index contributed by atoms with van der Waals surface area (Å²) in [6.45, 7) is 11.1. The van der Waals surface area contributed by atoms with E-state index in [1.807, 2.05) is 0 Å². The lowest BCUT2D eigenvalue weighted by molar-refractivity contribution is 0.0829. The van der Waals surface area contributed by atoms with Crippen LogP contribution in [-0.2, 0) is 17.8 Å². The molecule has 2 heterocycles. The molecule has 120 valence electrons. The first-order valence-electron chi connectivity index (χ1n) is 7.87. The summed E-state index contributed by atoms with van der Waals surface area (Å²) in [7, 11) is 1.78. The zero-order valence-electron chi connectivity index (χ0n) is 13.8. The number of hydrogen-bond acceptors (Lipinski definition) is 5. The summed E-state index contributed by atoms with van der Waals surface area (Å²) in [5, 5.41) is 7.58. The molecule has 2 rings (SSSR count). The summed E-state index contributed by atoms with van der Waals surface area (Å²) in [6, 6.07) is 2.07. The van der Waals surface area contributed by atoms with Crippen molar-refractivity contribution in [3.05, 3.63) is 17.5 Å². The van der Waals surface area contributed by atoms with Gasteiger partial charge in [0.15, 0.2) is 5.76 Å². The van der Waals surface area contributed by atoms with Gasteiger partial charge in [-0.3, -0.25) is 4.90 Å². The van der Waals surface area contributed by atoms with Crippen molar-refractivity contribution in [2.45, 2.75) is 52.2 Å². The minimum atomic E-state index is 0.0966. The quantitative estimate of drug-likeness (QED) is 0.873. The first-order chi connectivity index (χ1) is 9.96. The van der Waals surface area contributed by atoms with Gasteiger partial charge in [-0.05, 0) is 46.1 Å². The minimum Gasteiger partial charge on any atom is -0.384 e. The molecule has 1 unspecified atom stereocenters. The SMILES string of the molecule is COCC1CCCN(Cc2cc(CNC(C)(C)C)no2)C1. The van der Waals surface area contributed by atoms with Gasteiger partial charge in [0, 0.05) is 31.8 Å². The maximum Gasteiger partial charge on any atom is 0.151 e. The Morgan fingerprint density at radius 3 is 3.00 bits per heavy atom. The van der Waals surface area contributed by atoms with Crippen LogP contribution in [0.2, 0.25) is 0 Å². The highest BCUT2D eigenvalue weighted by Gasteiger charge is 2.21. The first-order valence-corrected chi connectivity index (χ1v) is 7.87. The fraction of sp³-hybridized carbons (Fsp3) is 0.812. The van der Waals surface area contributed by atoms with E-state index < -0.39 is 0 Å². The zero-order valence-corrected chi connectivity index (χ0v) is 13.8. The Balaban J connectivity index is 1.81. The minimum absolute atomic E-state index is 0.0966. The summed E-state index contributed by atoms with van der Waals surface area (Å²) in [6.07, 6.45) is 2.50. The van der Waals surface area contributed by atoms with Crippen LogP contribution < -0.4 is 5.32 Å². The number of nitrogens with one attached hydrogen (secondary N) is 1. The van der Waals surface area contributed by atoms with Gasteiger partial charge in [0.2, 0.25) is 0 Å². The van der Waals surface area contributed by atoms with Gasteiger partial charge in [-0.25, -0.2) is 0 Å². The highest BCUT2D eigenvalue weighted by atomic mass is 16.5. The number of aromatic nitrogens is 1. The van der Waals surface area contributed by atoms with E-state index in [1.165, 1.54) is 12.8 Å². The number of likely N-dealkylation sites (tertiary alicyclic amines) is 1. The molecule has 0 spiro atoms. The molecule has 1 aliphatic rings. The van der Waals surface area contributed by atoms with E-state index in [4.69, 9.17) is 9.26 Å². The standard InChI is InChI=1S/C16H29N3O2/c1-16(2,3)17-9-14-8-15(21-18-14)11-19-7-5-6-13(10-19)12-20-4/h8,13,17H,5-7,9-12H2,1-4H3. The van der Waals surface area contributed by atoms with E-state index in [2.05, 4.69) is 42.2 Å². The lowest BCUT2D eigenvalue weighted by Gasteiger charge is -2.31. The molecule has 1 N–H and O–H groups in total. The number of methoxy groups -OCH3 is 1. The van der Waals surface area contributed by atoms with Crippen LogP contribution in [-0.4, -0.2) is 42.4 Å². The molecule has 0 saturated carbocycles. The molecule has 0 aromatic carbocycles. The zero-order chi connectivity index (χ0) is 15.3. The first kappa shape index (κ1) is 16.5. The summed E-state index contributed by atoms with van der Waals surface area (Å²) in [4.78, 5) is 2.44. The Labute approximate surface area is 128 Å². The summed E-state index contributed by atoms with van der Waals surface area (Å²) in [5.41, 5.74) is 1.07. The molecule has 1 saturated heterocycles. The van der Waals surface area contributed by atoms with E-state index in [1.54, 1.807) is 7.11 Å². The topological polar surface area (TPSA) is 50.5 Å². The van der Waals surface area contributed by atoms with Gasteiger partial charge >= 0.3 is 0 Å². The highest BCUT2D eigenvalue weighted by Crippen LogP contribution is 2.19. The smallest absolute Gasteiger partial charge is 0.151 e. The normalized spacial score (nSPS) is 20.9. The molecule has 0 radical (unpaired) electrons. The van der Waals surface area contributed by atoms with Crippen molar-refractivity contribution >= 4 is 0 Å². The Hall–Kier alpha value is -0.910. The fourth-order valence-corrected chi connectivity index (χ4v) is 2.76. The molecule has 5 heteroatoms. The molecule has 5 nitrogen and oxygen atoms in total. The lowest BCUT2D eigenvalue weighted by atomic mass is 9.99. The predicted octanol–water partition coefficient (Wildman–Crippen LogP) is 2.42. The maximum atomic E-state index is 5.46. The van der Waals surface area contributed by atoms with Crippen molar-refractivity contribution in [3.63, 3.8) is 0 Å². The number of nitrogens with zero attached hydrogens (tertiary/aromatic N) is 2. The van der Waals surface area contributed by atoms with E-state index >= 15 is 0 Å². The average molecular weight is 295 g/mol. The van der Waals surface area contributed by atoms with Gasteiger partial charge in [0.25, 0.3) is 0 Å². The van der Waals surface area contributed by atoms with Crippen LogP contribution in [0.3, 0.4) is 0 Å². The Kier molecular flexibility index (Phi) is 5.79. The third-order valence-corrected chi connectivity index (χ3v) is 3.79. The number of ether oxygens (including phenoxy) is 1. The Morgan fingerprint density at radius 1 is 1.48 bits per heavy atom. The molecule has 0 aliphatic carbocycles. The summed E-state index contributed by atoms with van der Waals surface area (Å²) < 4.78 is 10.7. The molecular weight excluding hydrogens is 266 g/mol. The van der Waals surface area contributed by atoms with Crippen molar-refractivity contribution in [1.82, 2.24) is 15.4 Å². The van der Waals surface area contributed by atoms with Crippen LogP contribution in [0, 0.1) is 5.92 Å². The van der Waals surface area contributed by atoms with Crippen molar-refractivity contribution in [2.75, 3.05) is 26.8 Å². The Bertz CT molecular complexity index is 423. The molecule has 1 aromatic heterocycles. The fourth-order valence-electron chi connectivity index (χ4n) is 2.76. The van der Waals surface area contributed by atoms with Crippen molar-refractivity contribution in [3.8, 4) is 0 Å². The second-order valence-corrected chi connectivity index (χ2v) is 7.09. The van der Waals surface area contributed by atoms with Crippen LogP contribution in [0.25, 0.3) is 0 Å². The van der Waals surface area contributed by atoms with Crippen LogP contribution in [0.15, 0.2) is 10.6 Å². The van der Waals surface area contributed by atoms with Crippen molar-refractivity contribution in [2.24, 2.45) is 5.92 Å². The molecule has 21 heavy (non-hydrogen) atoms. The monoisotopic (exact) mass is 295 g/mol. The average Bonchev–Trinajstić information content (AvgIpc) is 2.84. The van der Waals surface area contributed by atoms with Crippen molar-refractivity contribution < 1.29 is 9.26 Å². The van der Waals surface area contributed by atoms with Gasteiger partial charge in [0.1, 0.15) is 0 Å². The van der Waals surface area contributed by atoms with Gasteiger partial charge in [0.05, 0.1) is 18.8 Å². The third-order valence-electron chi connectivity index (χ3n) is 3.79. The van der Waals surface area contributed by atoms with E-state index in [-0.39, 0.29) is 5.54 Å². The largest absolute Gasteiger partial charge is 0.384 e. The van der Waals surface area contributed by atoms with Gasteiger partial charge in [-0.1, -0.05) is 5.16 Å². The summed E-state index contributed by atoms with van der Waals surface area (Å²) in [5.74, 6) is 1.60. The van der Waals surface area contributed by atoms with Crippen LogP contribution in [0.5, 0.6) is 0 Å². The van der Waals surface area contributed by atoms with E-state index in [0.29, 0.717) is 5.92 Å². The second-order valence-electron chi connectivity index (χ2n) is 7.09. The van der Waals surface area contributed by atoms with E-state index in [9.17, 15) is 0 Å². The van der Waals surface area contributed by atoms with Crippen molar-refractivity contribution in [1.29, 1.82) is 0 Å². The second kappa shape index (κ2) is 7.38. The molecule has 1 atom stereocenters. The number of rotatable bonds is 6. The maximum absolute atomic E-state index is 5.46. The molecular formula is C16H29N3O2. The molecule has 0 amide bonds. The van der Waals surface area contributed by atoms with Gasteiger partial charge in [-0.2, -0.15) is 0 Å². The molecule has 1 fully saturated rings. The Morgan fingerprint density at radius 2 is 2.29 bits per heavy atom. The van der Waals surface area contributed by atoms with E-state index in [0.717, 1.165) is 44.2 Å². The highest BCUT2D eigenvalue weighted by molar-refractivity contribution is 5.05. The molecule has 1 aromatic rings. The van der Waals surface area contributed by atoms with Gasteiger partial charge < -0.3 is 14.6 Å². The third kappa shape index (κ3) is 5.77. The number of piperidine rings is 1. The number of hydrogen-bond donors (Lipinski definition) is 1. The molecule has 0 bridgehead atoms. The van der Waals surface area contributed by atoms with Crippen LogP contribution in [0.4, 0.5) is 0 Å².